The van der Waals surface area contributed by atoms with Gasteiger partial charge in [0.1, 0.15) is 0 Å². The molecule has 20 heavy (non-hydrogen) atoms. The van der Waals surface area contributed by atoms with Crippen LogP contribution in [0.15, 0.2) is 0 Å². The number of hydrogen-bond acceptors (Lipinski definition) is 0. The van der Waals surface area contributed by atoms with Crippen LogP contribution in [-0.2, 0) is 0 Å². The van der Waals surface area contributed by atoms with Crippen molar-refractivity contribution in [3.05, 3.63) is 0 Å². The fourth-order valence-electron chi connectivity index (χ4n) is 5.54. The maximum Gasteiger partial charge on any atom is -0.0386 e. The Kier molecular flexibility index (Phi) is 5.86. The first kappa shape index (κ1) is 14.9. The summed E-state index contributed by atoms with van der Waals surface area (Å²) in [6, 6.07) is 0. The minimum atomic E-state index is 1.12. The third kappa shape index (κ3) is 4.25. The molecular formula is C20H36. The quantitative estimate of drug-likeness (QED) is 0.504. The van der Waals surface area contributed by atoms with Crippen LogP contribution in [0.2, 0.25) is 0 Å². The lowest BCUT2D eigenvalue weighted by Gasteiger charge is -2.33. The van der Waals surface area contributed by atoms with Crippen molar-refractivity contribution in [1.29, 1.82) is 0 Å². The van der Waals surface area contributed by atoms with E-state index < -0.39 is 0 Å². The van der Waals surface area contributed by atoms with Gasteiger partial charge in [-0.05, 0) is 36.5 Å². The van der Waals surface area contributed by atoms with E-state index in [0.29, 0.717) is 0 Å². The van der Waals surface area contributed by atoms with Gasteiger partial charge in [-0.25, -0.2) is 0 Å². The Morgan fingerprint density at radius 1 is 0.400 bits per heavy atom. The average Bonchev–Trinajstić information content (AvgIpc) is 3.17. The van der Waals surface area contributed by atoms with E-state index in [1.54, 1.807) is 64.2 Å². The SMILES string of the molecule is C1CCC(CCC2CCCCC2CCC2CCCC2)C1. The van der Waals surface area contributed by atoms with Crippen LogP contribution in [0, 0.1) is 23.7 Å². The molecule has 2 unspecified atom stereocenters. The molecule has 3 aliphatic carbocycles. The lowest BCUT2D eigenvalue weighted by molar-refractivity contribution is 0.188. The summed E-state index contributed by atoms with van der Waals surface area (Å²) in [6.07, 6.45) is 24.9. The minimum Gasteiger partial charge on any atom is -0.0530 e. The van der Waals surface area contributed by atoms with Gasteiger partial charge in [0.05, 0.1) is 0 Å². The summed E-state index contributed by atoms with van der Waals surface area (Å²) in [4.78, 5) is 0. The molecule has 3 saturated carbocycles. The zero-order valence-corrected chi connectivity index (χ0v) is 13.6. The van der Waals surface area contributed by atoms with E-state index in [-0.39, 0.29) is 0 Å². The van der Waals surface area contributed by atoms with E-state index in [0.717, 1.165) is 23.7 Å². The smallest absolute Gasteiger partial charge is 0.0386 e. The molecular weight excluding hydrogens is 240 g/mol. The highest BCUT2D eigenvalue weighted by Gasteiger charge is 2.27. The van der Waals surface area contributed by atoms with E-state index in [9.17, 15) is 0 Å². The first-order valence-corrected chi connectivity index (χ1v) is 9.92. The normalized spacial score (nSPS) is 33.0. The lowest BCUT2D eigenvalue weighted by atomic mass is 9.73. The molecule has 3 fully saturated rings. The first-order chi connectivity index (χ1) is 9.92. The molecule has 0 spiro atoms. The van der Waals surface area contributed by atoms with Crippen molar-refractivity contribution in [2.75, 3.05) is 0 Å². The van der Waals surface area contributed by atoms with E-state index in [1.165, 1.54) is 38.5 Å². The lowest BCUT2D eigenvalue weighted by Crippen LogP contribution is -2.21. The van der Waals surface area contributed by atoms with Gasteiger partial charge in [0.15, 0.2) is 0 Å². The van der Waals surface area contributed by atoms with Crippen LogP contribution in [0.3, 0.4) is 0 Å². The van der Waals surface area contributed by atoms with Gasteiger partial charge < -0.3 is 0 Å². The molecule has 0 nitrogen and oxygen atoms in total. The molecule has 0 aromatic carbocycles. The molecule has 2 atom stereocenters. The summed E-state index contributed by atoms with van der Waals surface area (Å²) in [7, 11) is 0. The fourth-order valence-corrected chi connectivity index (χ4v) is 5.54. The van der Waals surface area contributed by atoms with E-state index >= 15 is 0 Å². The first-order valence-electron chi connectivity index (χ1n) is 9.92. The van der Waals surface area contributed by atoms with Gasteiger partial charge in [-0.15, -0.1) is 0 Å². The Morgan fingerprint density at radius 3 is 1.15 bits per heavy atom. The highest BCUT2D eigenvalue weighted by molar-refractivity contribution is 4.79. The number of rotatable bonds is 6. The summed E-state index contributed by atoms with van der Waals surface area (Å²) >= 11 is 0. The highest BCUT2D eigenvalue weighted by Crippen LogP contribution is 2.40. The Bertz CT molecular complexity index is 229. The summed E-state index contributed by atoms with van der Waals surface area (Å²) < 4.78 is 0. The minimum absolute atomic E-state index is 1.12. The van der Waals surface area contributed by atoms with Crippen molar-refractivity contribution < 1.29 is 0 Å². The molecule has 0 radical (unpaired) electrons. The third-order valence-corrected chi connectivity index (χ3v) is 6.91. The molecule has 0 heteroatoms. The second kappa shape index (κ2) is 7.85. The van der Waals surface area contributed by atoms with Gasteiger partial charge >= 0.3 is 0 Å². The Hall–Kier alpha value is 0. The van der Waals surface area contributed by atoms with Gasteiger partial charge in [0.2, 0.25) is 0 Å². The zero-order chi connectivity index (χ0) is 13.6. The fraction of sp³-hybridized carbons (Fsp3) is 1.00. The van der Waals surface area contributed by atoms with Gasteiger partial charge in [-0.1, -0.05) is 89.9 Å². The average molecular weight is 277 g/mol. The van der Waals surface area contributed by atoms with Crippen molar-refractivity contribution in [3.8, 4) is 0 Å². The van der Waals surface area contributed by atoms with Gasteiger partial charge in [-0.2, -0.15) is 0 Å². The maximum atomic E-state index is 1.58. The molecule has 3 aliphatic rings. The molecule has 0 aliphatic heterocycles. The molecule has 116 valence electrons. The summed E-state index contributed by atoms with van der Waals surface area (Å²) in [6.45, 7) is 0. The van der Waals surface area contributed by atoms with Crippen LogP contribution in [0.5, 0.6) is 0 Å². The van der Waals surface area contributed by atoms with Crippen LogP contribution in [0.4, 0.5) is 0 Å². The van der Waals surface area contributed by atoms with Crippen molar-refractivity contribution in [1.82, 2.24) is 0 Å². The van der Waals surface area contributed by atoms with E-state index in [4.69, 9.17) is 0 Å². The van der Waals surface area contributed by atoms with Crippen LogP contribution in [-0.4, -0.2) is 0 Å². The third-order valence-electron chi connectivity index (χ3n) is 6.91. The van der Waals surface area contributed by atoms with Crippen molar-refractivity contribution in [2.45, 2.75) is 103 Å². The van der Waals surface area contributed by atoms with Gasteiger partial charge in [0, 0.05) is 0 Å². The Balaban J connectivity index is 1.40. The second-order valence-electron chi connectivity index (χ2n) is 8.26. The van der Waals surface area contributed by atoms with Crippen molar-refractivity contribution in [3.63, 3.8) is 0 Å². The predicted octanol–water partition coefficient (Wildman–Crippen LogP) is 6.73. The van der Waals surface area contributed by atoms with Gasteiger partial charge in [-0.3, -0.25) is 0 Å². The summed E-state index contributed by atoms with van der Waals surface area (Å²) in [5.41, 5.74) is 0. The van der Waals surface area contributed by atoms with Crippen LogP contribution in [0.25, 0.3) is 0 Å². The Labute approximate surface area is 127 Å². The predicted molar refractivity (Wildman–Crippen MR) is 87.8 cm³/mol. The second-order valence-corrected chi connectivity index (χ2v) is 8.26. The highest BCUT2D eigenvalue weighted by atomic mass is 14.3. The molecule has 0 saturated heterocycles. The standard InChI is InChI=1S/C20H36/c1-2-8-17(7-1)13-15-19-11-5-6-12-20(19)16-14-18-9-3-4-10-18/h17-20H,1-16H2. The summed E-state index contributed by atoms with van der Waals surface area (Å²) in [5, 5.41) is 0. The molecule has 0 bridgehead atoms. The molecule has 0 N–H and O–H groups in total. The largest absolute Gasteiger partial charge is 0.0530 e. The van der Waals surface area contributed by atoms with Crippen LogP contribution < -0.4 is 0 Å². The molecule has 0 aromatic heterocycles. The topological polar surface area (TPSA) is 0 Å². The monoisotopic (exact) mass is 276 g/mol. The molecule has 0 heterocycles. The van der Waals surface area contributed by atoms with Crippen molar-refractivity contribution in [2.24, 2.45) is 23.7 Å². The van der Waals surface area contributed by atoms with Gasteiger partial charge in [0.25, 0.3) is 0 Å². The summed E-state index contributed by atoms with van der Waals surface area (Å²) in [5.74, 6) is 4.47. The van der Waals surface area contributed by atoms with Crippen LogP contribution >= 0.6 is 0 Å². The molecule has 3 rings (SSSR count). The van der Waals surface area contributed by atoms with Crippen molar-refractivity contribution >= 4 is 0 Å². The van der Waals surface area contributed by atoms with E-state index in [2.05, 4.69) is 0 Å². The van der Waals surface area contributed by atoms with Crippen LogP contribution in [0.1, 0.15) is 103 Å². The molecule has 0 aromatic rings. The number of hydrogen-bond donors (Lipinski definition) is 0. The van der Waals surface area contributed by atoms with E-state index in [1.807, 2.05) is 0 Å². The Morgan fingerprint density at radius 2 is 0.750 bits per heavy atom. The zero-order valence-electron chi connectivity index (χ0n) is 13.6. The molecule has 0 amide bonds. The maximum absolute atomic E-state index is 1.58.